The summed E-state index contributed by atoms with van der Waals surface area (Å²) in [5, 5.41) is 6.78. The number of piperidine rings is 1. The summed E-state index contributed by atoms with van der Waals surface area (Å²) in [6.07, 6.45) is 6.37. The average Bonchev–Trinajstić information content (AvgIpc) is 2.93. The second-order valence-corrected chi connectivity index (χ2v) is 6.43. The topological polar surface area (TPSA) is 48.9 Å². The maximum absolute atomic E-state index is 5.80. The lowest BCUT2D eigenvalue weighted by Gasteiger charge is -2.27. The number of hydrogen-bond donors (Lipinski definition) is 2. The minimum Gasteiger partial charge on any atom is -0.373 e. The quantitative estimate of drug-likeness (QED) is 0.577. The fourth-order valence-electron chi connectivity index (χ4n) is 3.07. The Labute approximate surface area is 129 Å². The van der Waals surface area contributed by atoms with E-state index >= 15 is 0 Å². The van der Waals surface area contributed by atoms with Gasteiger partial charge in [0.2, 0.25) is 0 Å². The minimum absolute atomic E-state index is 0.0603. The molecule has 2 aliphatic rings. The predicted octanol–water partition coefficient (Wildman–Crippen LogP) is 1.60. The first-order valence-corrected chi connectivity index (χ1v) is 8.60. The maximum Gasteiger partial charge on any atom is 0.191 e. The van der Waals surface area contributed by atoms with E-state index in [1.807, 2.05) is 0 Å². The molecule has 21 heavy (non-hydrogen) atoms. The molecule has 2 fully saturated rings. The lowest BCUT2D eigenvalue weighted by molar-refractivity contribution is 0.0283. The third-order valence-corrected chi connectivity index (χ3v) is 4.39. The van der Waals surface area contributed by atoms with E-state index in [1.54, 1.807) is 0 Å². The Morgan fingerprint density at radius 1 is 1.19 bits per heavy atom. The molecular weight excluding hydrogens is 264 g/mol. The van der Waals surface area contributed by atoms with E-state index in [-0.39, 0.29) is 5.60 Å². The van der Waals surface area contributed by atoms with Gasteiger partial charge in [-0.15, -0.1) is 0 Å². The number of rotatable bonds is 6. The Bertz CT molecular complexity index is 320. The lowest BCUT2D eigenvalue weighted by Crippen LogP contribution is -2.43. The Hall–Kier alpha value is -0.810. The Kier molecular flexibility index (Phi) is 6.77. The van der Waals surface area contributed by atoms with Gasteiger partial charge in [-0.2, -0.15) is 0 Å². The molecule has 5 heteroatoms. The summed E-state index contributed by atoms with van der Waals surface area (Å²) in [4.78, 5) is 7.24. The third-order valence-electron chi connectivity index (χ3n) is 4.39. The van der Waals surface area contributed by atoms with E-state index in [0.717, 1.165) is 51.6 Å². The number of nitrogens with zero attached hydrogens (tertiary/aromatic N) is 2. The van der Waals surface area contributed by atoms with Crippen LogP contribution in [0.15, 0.2) is 4.99 Å². The number of likely N-dealkylation sites (tertiary alicyclic amines) is 1. The molecule has 2 aliphatic heterocycles. The minimum atomic E-state index is -0.0603. The smallest absolute Gasteiger partial charge is 0.191 e. The highest BCUT2D eigenvalue weighted by Crippen LogP contribution is 2.24. The molecule has 2 rings (SSSR count). The van der Waals surface area contributed by atoms with E-state index < -0.39 is 0 Å². The average molecular weight is 296 g/mol. The molecule has 0 bridgehead atoms. The highest BCUT2D eigenvalue weighted by molar-refractivity contribution is 5.79. The van der Waals surface area contributed by atoms with Crippen molar-refractivity contribution in [2.75, 3.05) is 45.9 Å². The van der Waals surface area contributed by atoms with Gasteiger partial charge in [-0.3, -0.25) is 4.99 Å². The fraction of sp³-hybridized carbons (Fsp3) is 0.938. The molecule has 0 saturated carbocycles. The van der Waals surface area contributed by atoms with Gasteiger partial charge >= 0.3 is 0 Å². The number of aliphatic imine (C=N–C) groups is 1. The molecule has 1 unspecified atom stereocenters. The molecular formula is C16H32N4O. The molecule has 0 amide bonds. The van der Waals surface area contributed by atoms with Crippen molar-refractivity contribution in [1.29, 1.82) is 0 Å². The molecule has 0 radical (unpaired) electrons. The maximum atomic E-state index is 5.80. The normalized spacial score (nSPS) is 27.8. The molecule has 2 N–H and O–H groups in total. The van der Waals surface area contributed by atoms with Crippen molar-refractivity contribution in [3.8, 4) is 0 Å². The first-order valence-electron chi connectivity index (χ1n) is 8.60. The summed E-state index contributed by atoms with van der Waals surface area (Å²) in [5.74, 6) is 0.922. The van der Waals surface area contributed by atoms with Crippen LogP contribution in [0.4, 0.5) is 0 Å². The summed E-state index contributed by atoms with van der Waals surface area (Å²) in [6.45, 7) is 11.4. The van der Waals surface area contributed by atoms with Crippen LogP contribution in [0.5, 0.6) is 0 Å². The molecule has 0 aromatic carbocycles. The van der Waals surface area contributed by atoms with E-state index in [0.29, 0.717) is 0 Å². The zero-order valence-electron chi connectivity index (χ0n) is 13.8. The summed E-state index contributed by atoms with van der Waals surface area (Å²) in [6, 6.07) is 0. The largest absolute Gasteiger partial charge is 0.373 e. The van der Waals surface area contributed by atoms with Gasteiger partial charge in [-0.1, -0.05) is 6.42 Å². The van der Waals surface area contributed by atoms with E-state index in [4.69, 9.17) is 9.73 Å². The summed E-state index contributed by atoms with van der Waals surface area (Å²) in [7, 11) is 0. The number of hydrogen-bond acceptors (Lipinski definition) is 3. The second-order valence-electron chi connectivity index (χ2n) is 6.43. The van der Waals surface area contributed by atoms with Gasteiger partial charge in [0.1, 0.15) is 0 Å². The molecule has 0 aromatic heterocycles. The zero-order chi connectivity index (χ0) is 15.0. The van der Waals surface area contributed by atoms with Crippen molar-refractivity contribution < 1.29 is 4.74 Å². The van der Waals surface area contributed by atoms with Gasteiger partial charge in [0.25, 0.3) is 0 Å². The summed E-state index contributed by atoms with van der Waals surface area (Å²) < 4.78 is 5.80. The Morgan fingerprint density at radius 3 is 2.67 bits per heavy atom. The first-order chi connectivity index (χ1) is 10.2. The third kappa shape index (κ3) is 5.83. The summed E-state index contributed by atoms with van der Waals surface area (Å²) in [5.41, 5.74) is -0.0603. The van der Waals surface area contributed by atoms with Gasteiger partial charge in [-0.25, -0.2) is 0 Å². The van der Waals surface area contributed by atoms with E-state index in [1.165, 1.54) is 32.4 Å². The standard InChI is InChI=1S/C16H32N4O/c1-3-17-15(19-14-16(2)8-7-13-21-16)18-9-12-20-10-5-4-6-11-20/h3-14H2,1-2H3,(H2,17,18,19). The van der Waals surface area contributed by atoms with Crippen LogP contribution < -0.4 is 10.6 Å². The molecule has 2 heterocycles. The summed E-state index contributed by atoms with van der Waals surface area (Å²) >= 11 is 0. The number of guanidine groups is 1. The van der Waals surface area contributed by atoms with Gasteiger partial charge in [-0.05, 0) is 52.6 Å². The van der Waals surface area contributed by atoms with Crippen LogP contribution in [0.3, 0.4) is 0 Å². The van der Waals surface area contributed by atoms with Crippen LogP contribution in [0.25, 0.3) is 0 Å². The van der Waals surface area contributed by atoms with Crippen LogP contribution in [0.1, 0.15) is 46.0 Å². The molecule has 1 atom stereocenters. The van der Waals surface area contributed by atoms with Crippen LogP contribution in [0.2, 0.25) is 0 Å². The van der Waals surface area contributed by atoms with Crippen molar-refractivity contribution in [2.45, 2.75) is 51.6 Å². The fourth-order valence-corrected chi connectivity index (χ4v) is 3.07. The monoisotopic (exact) mass is 296 g/mol. The van der Waals surface area contributed by atoms with E-state index in [9.17, 15) is 0 Å². The van der Waals surface area contributed by atoms with Crippen LogP contribution >= 0.6 is 0 Å². The second kappa shape index (κ2) is 8.59. The van der Waals surface area contributed by atoms with Gasteiger partial charge < -0.3 is 20.3 Å². The number of ether oxygens (including phenoxy) is 1. The SMILES string of the molecule is CCNC(=NCC1(C)CCCO1)NCCN1CCCCC1. The number of nitrogens with one attached hydrogen (secondary N) is 2. The van der Waals surface area contributed by atoms with Gasteiger partial charge in [0.15, 0.2) is 5.96 Å². The molecule has 0 spiro atoms. The van der Waals surface area contributed by atoms with Crippen LogP contribution in [-0.4, -0.2) is 62.3 Å². The van der Waals surface area contributed by atoms with Gasteiger partial charge in [0.05, 0.1) is 12.1 Å². The first kappa shape index (κ1) is 16.6. The molecule has 122 valence electrons. The van der Waals surface area contributed by atoms with E-state index in [2.05, 4.69) is 29.4 Å². The van der Waals surface area contributed by atoms with Crippen LogP contribution in [-0.2, 0) is 4.74 Å². The Balaban J connectivity index is 1.72. The van der Waals surface area contributed by atoms with Crippen molar-refractivity contribution in [2.24, 2.45) is 4.99 Å². The van der Waals surface area contributed by atoms with Crippen molar-refractivity contribution >= 4 is 5.96 Å². The molecule has 2 saturated heterocycles. The van der Waals surface area contributed by atoms with Crippen molar-refractivity contribution in [3.63, 3.8) is 0 Å². The molecule has 0 aromatic rings. The van der Waals surface area contributed by atoms with Gasteiger partial charge in [0, 0.05) is 26.2 Å². The van der Waals surface area contributed by atoms with Crippen LogP contribution in [0, 0.1) is 0 Å². The highest BCUT2D eigenvalue weighted by atomic mass is 16.5. The lowest BCUT2D eigenvalue weighted by atomic mass is 10.0. The molecule has 0 aliphatic carbocycles. The van der Waals surface area contributed by atoms with Crippen molar-refractivity contribution in [3.05, 3.63) is 0 Å². The Morgan fingerprint density at radius 2 is 2.00 bits per heavy atom. The zero-order valence-corrected chi connectivity index (χ0v) is 13.8. The van der Waals surface area contributed by atoms with Crippen molar-refractivity contribution in [1.82, 2.24) is 15.5 Å². The molecule has 5 nitrogen and oxygen atoms in total. The highest BCUT2D eigenvalue weighted by Gasteiger charge is 2.29. The predicted molar refractivity (Wildman–Crippen MR) is 87.9 cm³/mol.